The standard InChI is InChI=1S/C15H24N4O2/c20-14(21)10-13(11-8-9-11)19-15(16-17-18-19)12-6-4-2-1-3-5-7-12/h11-13H,1-10H2,(H,20,21). The Kier molecular flexibility index (Phi) is 4.51. The van der Waals surface area contributed by atoms with Crippen LogP contribution in [0.25, 0.3) is 0 Å². The number of carboxylic acids is 1. The molecule has 0 amide bonds. The molecule has 0 radical (unpaired) electrons. The van der Waals surface area contributed by atoms with Crippen LogP contribution in [0.4, 0.5) is 0 Å². The Balaban J connectivity index is 1.79. The Bertz CT molecular complexity index is 476. The summed E-state index contributed by atoms with van der Waals surface area (Å²) in [5.41, 5.74) is 0. The van der Waals surface area contributed by atoms with Gasteiger partial charge in [-0.2, -0.15) is 0 Å². The molecule has 2 fully saturated rings. The van der Waals surface area contributed by atoms with Gasteiger partial charge in [-0.3, -0.25) is 4.79 Å². The molecule has 3 rings (SSSR count). The van der Waals surface area contributed by atoms with Gasteiger partial charge in [0.15, 0.2) is 5.82 Å². The number of carbonyl (C=O) groups is 1. The predicted molar refractivity (Wildman–Crippen MR) is 76.9 cm³/mol. The SMILES string of the molecule is O=C(O)CC(C1CC1)n1nnnc1C1CCCCCCC1. The van der Waals surface area contributed by atoms with Gasteiger partial charge in [-0.05, 0) is 42.0 Å². The largest absolute Gasteiger partial charge is 0.481 e. The first kappa shape index (κ1) is 14.5. The molecule has 0 bridgehead atoms. The minimum atomic E-state index is -0.758. The Morgan fingerprint density at radius 2 is 1.81 bits per heavy atom. The van der Waals surface area contributed by atoms with Gasteiger partial charge in [-0.15, -0.1) is 5.10 Å². The van der Waals surface area contributed by atoms with Crippen LogP contribution in [0.5, 0.6) is 0 Å². The number of aliphatic carboxylic acids is 1. The summed E-state index contributed by atoms with van der Waals surface area (Å²) in [5.74, 6) is 1.01. The van der Waals surface area contributed by atoms with Crippen LogP contribution in [0.2, 0.25) is 0 Å². The molecular weight excluding hydrogens is 268 g/mol. The van der Waals surface area contributed by atoms with Crippen LogP contribution in [-0.2, 0) is 4.79 Å². The fourth-order valence-corrected chi connectivity index (χ4v) is 3.53. The zero-order chi connectivity index (χ0) is 14.7. The first-order valence-corrected chi connectivity index (χ1v) is 8.25. The van der Waals surface area contributed by atoms with E-state index < -0.39 is 5.97 Å². The maximum absolute atomic E-state index is 11.1. The van der Waals surface area contributed by atoms with E-state index in [9.17, 15) is 4.79 Å². The average Bonchev–Trinajstić information content (AvgIpc) is 3.14. The molecule has 2 aliphatic carbocycles. The van der Waals surface area contributed by atoms with Crippen LogP contribution < -0.4 is 0 Å². The van der Waals surface area contributed by atoms with Crippen molar-refractivity contribution in [1.29, 1.82) is 0 Å². The lowest BCUT2D eigenvalue weighted by Crippen LogP contribution is -2.21. The molecule has 21 heavy (non-hydrogen) atoms. The van der Waals surface area contributed by atoms with Crippen molar-refractivity contribution < 1.29 is 9.90 Å². The zero-order valence-corrected chi connectivity index (χ0v) is 12.4. The van der Waals surface area contributed by atoms with Gasteiger partial charge in [-0.25, -0.2) is 4.68 Å². The van der Waals surface area contributed by atoms with E-state index >= 15 is 0 Å². The van der Waals surface area contributed by atoms with E-state index in [-0.39, 0.29) is 12.5 Å². The van der Waals surface area contributed by atoms with Crippen molar-refractivity contribution >= 4 is 5.97 Å². The van der Waals surface area contributed by atoms with Crippen molar-refractivity contribution in [3.63, 3.8) is 0 Å². The minimum Gasteiger partial charge on any atom is -0.481 e. The topological polar surface area (TPSA) is 80.9 Å². The van der Waals surface area contributed by atoms with Gasteiger partial charge in [-0.1, -0.05) is 32.1 Å². The Morgan fingerprint density at radius 3 is 2.43 bits per heavy atom. The molecule has 116 valence electrons. The molecular formula is C15H24N4O2. The highest BCUT2D eigenvalue weighted by molar-refractivity contribution is 5.67. The summed E-state index contributed by atoms with van der Waals surface area (Å²) in [4.78, 5) is 11.1. The number of nitrogens with zero attached hydrogens (tertiary/aromatic N) is 4. The van der Waals surface area contributed by atoms with Gasteiger partial charge in [0.25, 0.3) is 0 Å². The number of hydrogen-bond donors (Lipinski definition) is 1. The van der Waals surface area contributed by atoms with E-state index in [0.29, 0.717) is 11.8 Å². The molecule has 1 atom stereocenters. The van der Waals surface area contributed by atoms with Gasteiger partial charge in [0.1, 0.15) is 0 Å². The van der Waals surface area contributed by atoms with E-state index in [0.717, 1.165) is 31.5 Å². The summed E-state index contributed by atoms with van der Waals surface area (Å²) < 4.78 is 1.85. The summed E-state index contributed by atoms with van der Waals surface area (Å²) in [7, 11) is 0. The molecule has 0 spiro atoms. The lowest BCUT2D eigenvalue weighted by Gasteiger charge is -2.22. The third-order valence-corrected chi connectivity index (χ3v) is 4.85. The van der Waals surface area contributed by atoms with Crippen molar-refractivity contribution in [3.05, 3.63) is 5.82 Å². The van der Waals surface area contributed by atoms with Crippen LogP contribution >= 0.6 is 0 Å². The zero-order valence-electron chi connectivity index (χ0n) is 12.4. The maximum atomic E-state index is 11.1. The average molecular weight is 292 g/mol. The molecule has 6 nitrogen and oxygen atoms in total. The maximum Gasteiger partial charge on any atom is 0.305 e. The van der Waals surface area contributed by atoms with Crippen LogP contribution in [0, 0.1) is 5.92 Å². The monoisotopic (exact) mass is 292 g/mol. The van der Waals surface area contributed by atoms with Crippen molar-refractivity contribution in [1.82, 2.24) is 20.2 Å². The Hall–Kier alpha value is -1.46. The number of hydrogen-bond acceptors (Lipinski definition) is 4. The van der Waals surface area contributed by atoms with Gasteiger partial charge in [0, 0.05) is 5.92 Å². The van der Waals surface area contributed by atoms with E-state index in [2.05, 4.69) is 15.5 Å². The first-order chi connectivity index (χ1) is 10.3. The molecule has 1 aromatic rings. The summed E-state index contributed by atoms with van der Waals surface area (Å²) in [6.45, 7) is 0. The highest BCUT2D eigenvalue weighted by Gasteiger charge is 2.37. The fourth-order valence-electron chi connectivity index (χ4n) is 3.53. The number of rotatable bonds is 5. The molecule has 1 N–H and O–H groups in total. The smallest absolute Gasteiger partial charge is 0.305 e. The molecule has 2 saturated carbocycles. The summed E-state index contributed by atoms with van der Waals surface area (Å²) in [5, 5.41) is 21.4. The third kappa shape index (κ3) is 3.60. The Morgan fingerprint density at radius 1 is 1.14 bits per heavy atom. The van der Waals surface area contributed by atoms with E-state index in [1.165, 1.54) is 32.1 Å². The van der Waals surface area contributed by atoms with E-state index in [4.69, 9.17) is 5.11 Å². The van der Waals surface area contributed by atoms with Crippen molar-refractivity contribution in [3.8, 4) is 0 Å². The van der Waals surface area contributed by atoms with Crippen LogP contribution in [0.3, 0.4) is 0 Å². The summed E-state index contributed by atoms with van der Waals surface area (Å²) >= 11 is 0. The molecule has 1 unspecified atom stereocenters. The quantitative estimate of drug-likeness (QED) is 0.902. The number of aromatic nitrogens is 4. The molecule has 0 aliphatic heterocycles. The molecule has 0 aromatic carbocycles. The second-order valence-electron chi connectivity index (χ2n) is 6.53. The van der Waals surface area contributed by atoms with Crippen LogP contribution in [0.1, 0.15) is 82.0 Å². The molecule has 1 heterocycles. The lowest BCUT2D eigenvalue weighted by molar-refractivity contribution is -0.138. The lowest BCUT2D eigenvalue weighted by atomic mass is 9.90. The Labute approximate surface area is 124 Å². The summed E-state index contributed by atoms with van der Waals surface area (Å²) in [6, 6.07) is -0.0575. The molecule has 0 saturated heterocycles. The number of tetrazole rings is 1. The van der Waals surface area contributed by atoms with Crippen molar-refractivity contribution in [2.75, 3.05) is 0 Å². The van der Waals surface area contributed by atoms with Gasteiger partial charge < -0.3 is 5.11 Å². The highest BCUT2D eigenvalue weighted by atomic mass is 16.4. The fraction of sp³-hybridized carbons (Fsp3) is 0.867. The molecule has 2 aliphatic rings. The minimum absolute atomic E-state index is 0.0575. The second-order valence-corrected chi connectivity index (χ2v) is 6.53. The third-order valence-electron chi connectivity index (χ3n) is 4.85. The summed E-state index contributed by atoms with van der Waals surface area (Å²) in [6.07, 6.45) is 11.0. The second kappa shape index (κ2) is 6.54. The number of carboxylic acid groups (broad SMARTS) is 1. The van der Waals surface area contributed by atoms with Gasteiger partial charge in [0.2, 0.25) is 0 Å². The van der Waals surface area contributed by atoms with Gasteiger partial charge in [0.05, 0.1) is 12.5 Å². The van der Waals surface area contributed by atoms with Gasteiger partial charge >= 0.3 is 5.97 Å². The van der Waals surface area contributed by atoms with Crippen molar-refractivity contribution in [2.24, 2.45) is 5.92 Å². The highest BCUT2D eigenvalue weighted by Crippen LogP contribution is 2.42. The predicted octanol–water partition coefficient (Wildman–Crippen LogP) is 2.93. The van der Waals surface area contributed by atoms with E-state index in [1.54, 1.807) is 0 Å². The molecule has 1 aromatic heterocycles. The normalized spacial score (nSPS) is 22.5. The molecule has 6 heteroatoms. The van der Waals surface area contributed by atoms with E-state index in [1.807, 2.05) is 4.68 Å². The van der Waals surface area contributed by atoms with Crippen LogP contribution in [-0.4, -0.2) is 31.3 Å². The van der Waals surface area contributed by atoms with Crippen LogP contribution in [0.15, 0.2) is 0 Å². The van der Waals surface area contributed by atoms with Crippen molar-refractivity contribution in [2.45, 2.75) is 76.2 Å². The first-order valence-electron chi connectivity index (χ1n) is 8.25.